The van der Waals surface area contributed by atoms with Crippen molar-refractivity contribution in [3.8, 4) is 0 Å². The summed E-state index contributed by atoms with van der Waals surface area (Å²) < 4.78 is 0. The van der Waals surface area contributed by atoms with Gasteiger partial charge in [-0.3, -0.25) is 4.79 Å². The molecule has 1 aliphatic heterocycles. The maximum absolute atomic E-state index is 11.4. The van der Waals surface area contributed by atoms with Crippen molar-refractivity contribution in [1.29, 1.82) is 0 Å². The summed E-state index contributed by atoms with van der Waals surface area (Å²) in [5, 5.41) is 8.95. The number of rotatable bonds is 3. The molecule has 1 N–H and O–H groups in total. The summed E-state index contributed by atoms with van der Waals surface area (Å²) in [5.74, 6) is 0.704. The molecule has 12 heavy (non-hydrogen) atoms. The van der Waals surface area contributed by atoms with Gasteiger partial charge in [0.2, 0.25) is 5.91 Å². The van der Waals surface area contributed by atoms with Gasteiger partial charge < -0.3 is 10.0 Å². The summed E-state index contributed by atoms with van der Waals surface area (Å²) in [4.78, 5) is 13.2. The second-order valence-electron chi connectivity index (χ2n) is 3.00. The molecule has 1 saturated heterocycles. The number of carbonyl (C=O) groups excluding carboxylic acids is 1. The molecule has 1 fully saturated rings. The first-order valence-corrected chi connectivity index (χ1v) is 5.58. The first kappa shape index (κ1) is 9.86. The summed E-state index contributed by atoms with van der Waals surface area (Å²) >= 11 is 1.54. The molecule has 0 aromatic rings. The summed E-state index contributed by atoms with van der Waals surface area (Å²) in [6, 6.07) is 0.0876. The lowest BCUT2D eigenvalue weighted by Crippen LogP contribution is -2.38. The van der Waals surface area contributed by atoms with Gasteiger partial charge in [-0.2, -0.15) is 11.8 Å². The highest BCUT2D eigenvalue weighted by atomic mass is 32.2. The summed E-state index contributed by atoms with van der Waals surface area (Å²) in [5.41, 5.74) is 0. The zero-order chi connectivity index (χ0) is 8.97. The fraction of sp³-hybridized carbons (Fsp3) is 0.875. The largest absolute Gasteiger partial charge is 0.394 e. The van der Waals surface area contributed by atoms with Gasteiger partial charge in [-0.05, 0) is 19.1 Å². The van der Waals surface area contributed by atoms with Gasteiger partial charge in [0.05, 0.1) is 18.4 Å². The van der Waals surface area contributed by atoms with Crippen LogP contribution in [0.5, 0.6) is 0 Å². The van der Waals surface area contributed by atoms with Crippen molar-refractivity contribution in [2.24, 2.45) is 0 Å². The minimum Gasteiger partial charge on any atom is -0.394 e. The molecule has 1 unspecified atom stereocenters. The fourth-order valence-electron chi connectivity index (χ4n) is 1.56. The van der Waals surface area contributed by atoms with Gasteiger partial charge in [0, 0.05) is 6.54 Å². The highest BCUT2D eigenvalue weighted by Crippen LogP contribution is 2.17. The molecule has 4 heteroatoms. The molecule has 0 radical (unpaired) electrons. The Morgan fingerprint density at radius 3 is 3.08 bits per heavy atom. The molecular weight excluding hydrogens is 174 g/mol. The predicted molar refractivity (Wildman–Crippen MR) is 50.2 cm³/mol. The Balaban J connectivity index is 2.43. The van der Waals surface area contributed by atoms with Gasteiger partial charge in [0.15, 0.2) is 0 Å². The van der Waals surface area contributed by atoms with E-state index in [4.69, 9.17) is 5.11 Å². The molecule has 0 spiro atoms. The molecule has 0 bridgehead atoms. The molecule has 0 aliphatic carbocycles. The van der Waals surface area contributed by atoms with Crippen molar-refractivity contribution in [2.75, 3.05) is 25.2 Å². The maximum atomic E-state index is 11.4. The van der Waals surface area contributed by atoms with Crippen LogP contribution < -0.4 is 0 Å². The molecule has 0 aromatic heterocycles. The van der Waals surface area contributed by atoms with Crippen molar-refractivity contribution in [3.05, 3.63) is 0 Å². The van der Waals surface area contributed by atoms with Crippen LogP contribution >= 0.6 is 11.8 Å². The number of hydrogen-bond donors (Lipinski definition) is 1. The third kappa shape index (κ3) is 2.14. The molecule has 1 amide bonds. The van der Waals surface area contributed by atoms with Gasteiger partial charge in [0.25, 0.3) is 0 Å². The standard InChI is InChI=1S/C8H15NO2S/c1-12-6-8(11)9-4-2-3-7(9)5-10/h7,10H,2-6H2,1H3. The number of likely N-dealkylation sites (tertiary alicyclic amines) is 1. The topological polar surface area (TPSA) is 40.5 Å². The summed E-state index contributed by atoms with van der Waals surface area (Å²) in [6.45, 7) is 0.935. The third-order valence-corrected chi connectivity index (χ3v) is 2.71. The minimum absolute atomic E-state index is 0.0876. The van der Waals surface area contributed by atoms with Crippen molar-refractivity contribution in [3.63, 3.8) is 0 Å². The average molecular weight is 189 g/mol. The van der Waals surface area contributed by atoms with E-state index in [1.54, 1.807) is 4.90 Å². The first-order chi connectivity index (χ1) is 5.79. The molecule has 1 rings (SSSR count). The molecule has 1 atom stereocenters. The van der Waals surface area contributed by atoms with E-state index in [0.29, 0.717) is 5.75 Å². The number of nitrogens with zero attached hydrogens (tertiary/aromatic N) is 1. The molecule has 0 aromatic carbocycles. The summed E-state index contributed by atoms with van der Waals surface area (Å²) in [6.07, 6.45) is 3.91. The fourth-order valence-corrected chi connectivity index (χ4v) is 1.97. The number of hydrogen-bond acceptors (Lipinski definition) is 3. The van der Waals surface area contributed by atoms with E-state index in [0.717, 1.165) is 19.4 Å². The van der Waals surface area contributed by atoms with Crippen LogP contribution in [0.25, 0.3) is 0 Å². The molecule has 1 aliphatic rings. The third-order valence-electron chi connectivity index (χ3n) is 2.18. The van der Waals surface area contributed by atoms with E-state index >= 15 is 0 Å². The predicted octanol–water partition coefficient (Wildman–Crippen LogP) is 0.333. The second kappa shape index (κ2) is 4.72. The van der Waals surface area contributed by atoms with E-state index in [1.807, 2.05) is 6.26 Å². The van der Waals surface area contributed by atoms with E-state index in [1.165, 1.54) is 11.8 Å². The van der Waals surface area contributed by atoms with Crippen LogP contribution in [0.15, 0.2) is 0 Å². The molecular formula is C8H15NO2S. The number of aliphatic hydroxyl groups is 1. The minimum atomic E-state index is 0.0876. The Morgan fingerprint density at radius 1 is 1.75 bits per heavy atom. The normalized spacial score (nSPS) is 23.2. The molecule has 1 heterocycles. The lowest BCUT2D eigenvalue weighted by atomic mass is 10.2. The Kier molecular flexibility index (Phi) is 3.88. The number of thioether (sulfide) groups is 1. The Bertz CT molecular complexity index is 163. The number of aliphatic hydroxyl groups excluding tert-OH is 1. The first-order valence-electron chi connectivity index (χ1n) is 4.19. The van der Waals surface area contributed by atoms with Crippen molar-refractivity contribution >= 4 is 17.7 Å². The number of carbonyl (C=O) groups is 1. The smallest absolute Gasteiger partial charge is 0.232 e. The highest BCUT2D eigenvalue weighted by molar-refractivity contribution is 7.99. The Morgan fingerprint density at radius 2 is 2.50 bits per heavy atom. The van der Waals surface area contributed by atoms with Crippen LogP contribution in [-0.4, -0.2) is 47.1 Å². The van der Waals surface area contributed by atoms with Gasteiger partial charge in [-0.15, -0.1) is 0 Å². The van der Waals surface area contributed by atoms with Gasteiger partial charge in [-0.25, -0.2) is 0 Å². The Labute approximate surface area is 77.1 Å². The van der Waals surface area contributed by atoms with Crippen molar-refractivity contribution < 1.29 is 9.90 Å². The van der Waals surface area contributed by atoms with E-state index in [9.17, 15) is 4.79 Å². The summed E-state index contributed by atoms with van der Waals surface area (Å²) in [7, 11) is 0. The zero-order valence-electron chi connectivity index (χ0n) is 7.32. The van der Waals surface area contributed by atoms with Crippen LogP contribution in [0.3, 0.4) is 0 Å². The zero-order valence-corrected chi connectivity index (χ0v) is 8.14. The monoisotopic (exact) mass is 189 g/mol. The van der Waals surface area contributed by atoms with E-state index in [2.05, 4.69) is 0 Å². The lowest BCUT2D eigenvalue weighted by molar-refractivity contribution is -0.129. The van der Waals surface area contributed by atoms with Crippen LogP contribution in [-0.2, 0) is 4.79 Å². The van der Waals surface area contributed by atoms with E-state index in [-0.39, 0.29) is 18.6 Å². The van der Waals surface area contributed by atoms with Crippen molar-refractivity contribution in [1.82, 2.24) is 4.90 Å². The quantitative estimate of drug-likeness (QED) is 0.695. The lowest BCUT2D eigenvalue weighted by Gasteiger charge is -2.22. The average Bonchev–Trinajstić information content (AvgIpc) is 2.51. The van der Waals surface area contributed by atoms with Gasteiger partial charge in [-0.1, -0.05) is 0 Å². The van der Waals surface area contributed by atoms with Crippen LogP contribution in [0.2, 0.25) is 0 Å². The van der Waals surface area contributed by atoms with Crippen LogP contribution in [0.1, 0.15) is 12.8 Å². The van der Waals surface area contributed by atoms with E-state index < -0.39 is 0 Å². The Hall–Kier alpha value is -0.220. The van der Waals surface area contributed by atoms with Crippen LogP contribution in [0, 0.1) is 0 Å². The maximum Gasteiger partial charge on any atom is 0.232 e. The molecule has 3 nitrogen and oxygen atoms in total. The second-order valence-corrected chi connectivity index (χ2v) is 3.86. The van der Waals surface area contributed by atoms with Crippen molar-refractivity contribution in [2.45, 2.75) is 18.9 Å². The van der Waals surface area contributed by atoms with Crippen LogP contribution in [0.4, 0.5) is 0 Å². The van der Waals surface area contributed by atoms with Gasteiger partial charge in [0.1, 0.15) is 0 Å². The SMILES string of the molecule is CSCC(=O)N1CCCC1CO. The highest BCUT2D eigenvalue weighted by Gasteiger charge is 2.27. The molecule has 0 saturated carbocycles. The van der Waals surface area contributed by atoms with Gasteiger partial charge >= 0.3 is 0 Å². The molecule has 70 valence electrons. The number of amides is 1.